The minimum Gasteiger partial charge on any atom is -0.508 e. The molecular formula is C16H16Cl2O4. The van der Waals surface area contributed by atoms with Crippen LogP contribution in [0.3, 0.4) is 0 Å². The average Bonchev–Trinajstić information content (AvgIpc) is 2.48. The number of phenols is 2. The molecule has 0 spiro atoms. The van der Waals surface area contributed by atoms with Crippen molar-refractivity contribution < 1.29 is 19.3 Å². The minimum absolute atomic E-state index is 0.151. The first-order chi connectivity index (χ1) is 10.3. The van der Waals surface area contributed by atoms with Gasteiger partial charge >= 0.3 is 5.43 Å². The van der Waals surface area contributed by atoms with Crippen LogP contribution in [0.15, 0.2) is 48.5 Å². The third-order valence-electron chi connectivity index (χ3n) is 3.24. The second kappa shape index (κ2) is 7.92. The summed E-state index contributed by atoms with van der Waals surface area (Å²) < 4.78 is 3.35. The van der Waals surface area contributed by atoms with Crippen LogP contribution < -0.4 is 0 Å². The molecule has 2 rings (SSSR count). The van der Waals surface area contributed by atoms with Gasteiger partial charge in [0, 0.05) is 17.0 Å². The Morgan fingerprint density at radius 2 is 1.18 bits per heavy atom. The van der Waals surface area contributed by atoms with Crippen molar-refractivity contribution in [3.05, 3.63) is 59.7 Å². The predicted molar refractivity (Wildman–Crippen MR) is 86.5 cm³/mol. The quantitative estimate of drug-likeness (QED) is 0.758. The molecular weight excluding hydrogens is 327 g/mol. The number of rotatable bonds is 2. The highest BCUT2D eigenvalue weighted by molar-refractivity contribution is 6.62. The second-order valence-corrected chi connectivity index (χ2v) is 5.50. The zero-order valence-electron chi connectivity index (χ0n) is 12.1. The van der Waals surface area contributed by atoms with Crippen LogP contribution in [-0.2, 0) is 9.70 Å². The molecule has 0 bridgehead atoms. The van der Waals surface area contributed by atoms with Crippen molar-refractivity contribution in [2.45, 2.75) is 19.3 Å². The summed E-state index contributed by atoms with van der Waals surface area (Å²) in [6.45, 7) is 4.23. The summed E-state index contributed by atoms with van der Waals surface area (Å²) in [7, 11) is 0. The maximum atomic E-state index is 9.30. The molecule has 0 radical (unpaired) electrons. The van der Waals surface area contributed by atoms with E-state index in [2.05, 4.69) is 41.6 Å². The lowest BCUT2D eigenvalue weighted by Gasteiger charge is -2.26. The van der Waals surface area contributed by atoms with Crippen molar-refractivity contribution in [1.29, 1.82) is 0 Å². The second-order valence-electron chi connectivity index (χ2n) is 5.03. The van der Waals surface area contributed by atoms with Gasteiger partial charge < -0.3 is 14.5 Å². The number of hydrogen-bond donors (Lipinski definition) is 2. The number of phenolic OH excluding ortho intramolecular Hbond substituents is 2. The van der Waals surface area contributed by atoms with E-state index < -0.39 is 5.43 Å². The smallest absolute Gasteiger partial charge is 0.421 e. The molecule has 0 saturated carbocycles. The van der Waals surface area contributed by atoms with Crippen molar-refractivity contribution in [3.8, 4) is 11.5 Å². The van der Waals surface area contributed by atoms with Gasteiger partial charge in [0.1, 0.15) is 23.4 Å². The van der Waals surface area contributed by atoms with Crippen LogP contribution in [0.25, 0.3) is 0 Å². The first-order valence-electron chi connectivity index (χ1n) is 6.34. The van der Waals surface area contributed by atoms with Crippen LogP contribution in [-0.4, -0.2) is 15.6 Å². The SMILES string of the molecule is CC(C)(c1ccc(O)cc1)c1ccc(O)cc1.O=C(Cl)OCl. The highest BCUT2D eigenvalue weighted by Gasteiger charge is 2.22. The Balaban J connectivity index is 0.000000422. The van der Waals surface area contributed by atoms with Crippen LogP contribution in [0.5, 0.6) is 11.5 Å². The molecule has 0 aliphatic rings. The van der Waals surface area contributed by atoms with Gasteiger partial charge in [-0.15, -0.1) is 0 Å². The molecule has 0 unspecified atom stereocenters. The van der Waals surface area contributed by atoms with E-state index in [9.17, 15) is 15.0 Å². The van der Waals surface area contributed by atoms with E-state index >= 15 is 0 Å². The Morgan fingerprint density at radius 3 is 1.41 bits per heavy atom. The number of hydrogen-bond acceptors (Lipinski definition) is 4. The highest BCUT2D eigenvalue weighted by Crippen LogP contribution is 2.32. The third kappa shape index (κ3) is 5.13. The Labute approximate surface area is 139 Å². The molecule has 0 aromatic heterocycles. The number of aromatic hydroxyl groups is 2. The Bertz CT molecular complexity index is 560. The molecule has 6 heteroatoms. The zero-order valence-corrected chi connectivity index (χ0v) is 13.6. The lowest BCUT2D eigenvalue weighted by atomic mass is 9.78. The maximum Gasteiger partial charge on any atom is 0.421 e. The normalized spacial score (nSPS) is 10.4. The van der Waals surface area contributed by atoms with Gasteiger partial charge in [-0.05, 0) is 35.4 Å². The molecule has 0 amide bonds. The summed E-state index contributed by atoms with van der Waals surface area (Å²) in [6.07, 6.45) is 0. The number of carbonyl (C=O) groups excluding carboxylic acids is 1. The molecule has 0 saturated heterocycles. The van der Waals surface area contributed by atoms with Crippen molar-refractivity contribution in [2.75, 3.05) is 0 Å². The van der Waals surface area contributed by atoms with Gasteiger partial charge in [0.05, 0.1) is 0 Å². The standard InChI is InChI=1S/C15H16O2.CCl2O2/c1-15(2,11-3-7-13(16)8-4-11)12-5-9-14(17)10-6-12;2-1(4)5-3/h3-10,16-17H,1-2H3;. The van der Waals surface area contributed by atoms with Gasteiger partial charge in [-0.3, -0.25) is 0 Å². The van der Waals surface area contributed by atoms with Crippen molar-refractivity contribution in [2.24, 2.45) is 0 Å². The number of benzene rings is 2. The first-order valence-corrected chi connectivity index (χ1v) is 7.03. The van der Waals surface area contributed by atoms with Crippen LogP contribution >= 0.6 is 23.5 Å². The largest absolute Gasteiger partial charge is 0.508 e. The van der Waals surface area contributed by atoms with Gasteiger partial charge in [-0.1, -0.05) is 38.1 Å². The van der Waals surface area contributed by atoms with Gasteiger partial charge in [-0.2, -0.15) is 0 Å². The van der Waals surface area contributed by atoms with Crippen LogP contribution in [0, 0.1) is 0 Å². The topological polar surface area (TPSA) is 66.8 Å². The van der Waals surface area contributed by atoms with Gasteiger partial charge in [-0.25, -0.2) is 4.79 Å². The van der Waals surface area contributed by atoms with Crippen LogP contribution in [0.2, 0.25) is 0 Å². The van der Waals surface area contributed by atoms with Crippen LogP contribution in [0.4, 0.5) is 4.79 Å². The number of carbonyl (C=O) groups is 1. The summed E-state index contributed by atoms with van der Waals surface area (Å²) in [6, 6.07) is 14.4. The fraction of sp³-hybridized carbons (Fsp3) is 0.188. The average molecular weight is 343 g/mol. The van der Waals surface area contributed by atoms with Gasteiger partial charge in [0.2, 0.25) is 0 Å². The van der Waals surface area contributed by atoms with E-state index in [1.54, 1.807) is 24.3 Å². The minimum atomic E-state index is -1.01. The van der Waals surface area contributed by atoms with Crippen molar-refractivity contribution >= 4 is 28.9 Å². The van der Waals surface area contributed by atoms with Crippen molar-refractivity contribution in [1.82, 2.24) is 0 Å². The molecule has 0 heterocycles. The fourth-order valence-electron chi connectivity index (χ4n) is 1.92. The van der Waals surface area contributed by atoms with Gasteiger partial charge in [0.15, 0.2) is 0 Å². The van der Waals surface area contributed by atoms with Gasteiger partial charge in [0.25, 0.3) is 0 Å². The molecule has 0 atom stereocenters. The van der Waals surface area contributed by atoms with E-state index in [0.717, 1.165) is 11.1 Å². The van der Waals surface area contributed by atoms with E-state index in [0.29, 0.717) is 0 Å². The van der Waals surface area contributed by atoms with E-state index in [-0.39, 0.29) is 16.9 Å². The Morgan fingerprint density at radius 1 is 0.909 bits per heavy atom. The summed E-state index contributed by atoms with van der Waals surface area (Å²) in [4.78, 5) is 9.22. The molecule has 2 aromatic carbocycles. The van der Waals surface area contributed by atoms with Crippen LogP contribution in [0.1, 0.15) is 25.0 Å². The summed E-state index contributed by atoms with van der Waals surface area (Å²) in [5.74, 6) is 0.547. The summed E-state index contributed by atoms with van der Waals surface area (Å²) in [5.41, 5.74) is 1.09. The maximum absolute atomic E-state index is 9.30. The molecule has 0 fully saturated rings. The first kappa shape index (κ1) is 18.1. The Hall–Kier alpha value is -1.91. The molecule has 2 N–H and O–H groups in total. The lowest BCUT2D eigenvalue weighted by Crippen LogP contribution is -2.18. The van der Waals surface area contributed by atoms with Crippen molar-refractivity contribution in [3.63, 3.8) is 0 Å². The molecule has 0 aliphatic heterocycles. The molecule has 22 heavy (non-hydrogen) atoms. The summed E-state index contributed by atoms with van der Waals surface area (Å²) in [5, 5.41) is 18.6. The number of halogens is 2. The Kier molecular flexibility index (Phi) is 6.53. The molecule has 118 valence electrons. The zero-order chi connectivity index (χ0) is 16.8. The van der Waals surface area contributed by atoms with E-state index in [1.807, 2.05) is 24.3 Å². The monoisotopic (exact) mass is 342 g/mol. The molecule has 4 nitrogen and oxygen atoms in total. The summed E-state index contributed by atoms with van der Waals surface area (Å²) >= 11 is 8.82. The van der Waals surface area contributed by atoms with E-state index in [4.69, 9.17) is 0 Å². The fourth-order valence-corrected chi connectivity index (χ4v) is 1.92. The molecule has 0 aliphatic carbocycles. The lowest BCUT2D eigenvalue weighted by molar-refractivity contribution is 0.230. The molecule has 2 aromatic rings. The van der Waals surface area contributed by atoms with E-state index in [1.165, 1.54) is 0 Å². The predicted octanol–water partition coefficient (Wildman–Crippen LogP) is 4.94. The highest BCUT2D eigenvalue weighted by atomic mass is 35.5. The third-order valence-corrected chi connectivity index (χ3v) is 3.53.